The van der Waals surface area contributed by atoms with Crippen molar-refractivity contribution in [2.75, 3.05) is 5.73 Å². The van der Waals surface area contributed by atoms with E-state index in [1.807, 2.05) is 6.08 Å². The Bertz CT molecular complexity index is 713. The summed E-state index contributed by atoms with van der Waals surface area (Å²) in [6, 6.07) is 0. The molecule has 0 unspecified atom stereocenters. The highest BCUT2D eigenvalue weighted by Crippen LogP contribution is 2.30. The van der Waals surface area contributed by atoms with Gasteiger partial charge in [0, 0.05) is 12.3 Å². The van der Waals surface area contributed by atoms with Crippen LogP contribution in [0, 0.1) is 0 Å². The fourth-order valence-electron chi connectivity index (χ4n) is 2.16. The molecule has 0 saturated carbocycles. The van der Waals surface area contributed by atoms with Gasteiger partial charge in [-0.2, -0.15) is 9.97 Å². The van der Waals surface area contributed by atoms with Crippen LogP contribution in [0.2, 0.25) is 5.15 Å². The third-order valence-corrected chi connectivity index (χ3v) is 3.26. The second-order valence-corrected chi connectivity index (χ2v) is 4.70. The highest BCUT2D eigenvalue weighted by molar-refractivity contribution is 6.33. The molecule has 0 saturated heterocycles. The zero-order chi connectivity index (χ0) is 14.3. The Morgan fingerprint density at radius 1 is 1.45 bits per heavy atom. The number of nitrogens with two attached hydrogens (primary N) is 1. The zero-order valence-electron chi connectivity index (χ0n) is 10.1. The maximum atomic E-state index is 10.5. The van der Waals surface area contributed by atoms with Crippen LogP contribution in [0.5, 0.6) is 0 Å². The van der Waals surface area contributed by atoms with Crippen LogP contribution in [0.4, 0.5) is 10.7 Å². The molecule has 1 aliphatic carbocycles. The smallest absolute Gasteiger partial charge is 0.450 e. The lowest BCUT2D eigenvalue weighted by Crippen LogP contribution is -2.13. The van der Waals surface area contributed by atoms with Crippen molar-refractivity contribution in [3.8, 4) is 0 Å². The summed E-state index contributed by atoms with van der Waals surface area (Å²) < 4.78 is 4.69. The average molecular weight is 296 g/mol. The monoisotopic (exact) mass is 295 g/mol. The van der Waals surface area contributed by atoms with Crippen LogP contribution in [-0.4, -0.2) is 37.3 Å². The van der Waals surface area contributed by atoms with E-state index in [4.69, 9.17) is 27.2 Å². The molecule has 0 fully saturated rings. The number of carbonyl (C=O) groups is 1. The third-order valence-electron chi connectivity index (χ3n) is 2.99. The number of halogens is 1. The Balaban J connectivity index is 1.87. The molecule has 0 amide bonds. The SMILES string of the molecule is Nc1nc(Cl)c2[nH]c([C@@H]3C=C[C@H](OC(=O)O)C3)nc2n1. The van der Waals surface area contributed by atoms with Crippen LogP contribution < -0.4 is 5.73 Å². The summed E-state index contributed by atoms with van der Waals surface area (Å²) in [6.45, 7) is 0. The van der Waals surface area contributed by atoms with E-state index in [1.165, 1.54) is 0 Å². The quantitative estimate of drug-likeness (QED) is 0.437. The Morgan fingerprint density at radius 3 is 3.00 bits per heavy atom. The summed E-state index contributed by atoms with van der Waals surface area (Å²) in [5.41, 5.74) is 6.39. The van der Waals surface area contributed by atoms with Gasteiger partial charge in [0.2, 0.25) is 5.95 Å². The van der Waals surface area contributed by atoms with Gasteiger partial charge in [-0.15, -0.1) is 0 Å². The number of hydrogen-bond donors (Lipinski definition) is 3. The number of aromatic nitrogens is 4. The summed E-state index contributed by atoms with van der Waals surface area (Å²) in [6.07, 6.45) is 2.22. The highest BCUT2D eigenvalue weighted by atomic mass is 35.5. The maximum absolute atomic E-state index is 10.5. The number of imidazole rings is 1. The van der Waals surface area contributed by atoms with Crippen LogP contribution >= 0.6 is 11.6 Å². The maximum Gasteiger partial charge on any atom is 0.506 e. The van der Waals surface area contributed by atoms with Gasteiger partial charge >= 0.3 is 6.16 Å². The van der Waals surface area contributed by atoms with Gasteiger partial charge in [-0.3, -0.25) is 0 Å². The molecule has 8 nitrogen and oxygen atoms in total. The molecule has 4 N–H and O–H groups in total. The fourth-order valence-corrected chi connectivity index (χ4v) is 2.38. The molecule has 0 aromatic carbocycles. The molecule has 2 aromatic heterocycles. The predicted molar refractivity (Wildman–Crippen MR) is 70.5 cm³/mol. The first-order chi connectivity index (χ1) is 9.52. The summed E-state index contributed by atoms with van der Waals surface area (Å²) in [5, 5.41) is 8.78. The van der Waals surface area contributed by atoms with E-state index in [0.717, 1.165) is 0 Å². The van der Waals surface area contributed by atoms with Crippen molar-refractivity contribution < 1.29 is 14.6 Å². The van der Waals surface area contributed by atoms with Crippen LogP contribution in [-0.2, 0) is 4.74 Å². The number of rotatable bonds is 2. The molecule has 2 atom stereocenters. The number of H-pyrrole nitrogens is 1. The number of ether oxygens (including phenoxy) is 1. The highest BCUT2D eigenvalue weighted by Gasteiger charge is 2.26. The van der Waals surface area contributed by atoms with E-state index >= 15 is 0 Å². The van der Waals surface area contributed by atoms with E-state index in [-0.39, 0.29) is 17.0 Å². The Morgan fingerprint density at radius 2 is 2.25 bits per heavy atom. The van der Waals surface area contributed by atoms with Crippen LogP contribution in [0.3, 0.4) is 0 Å². The molecular weight excluding hydrogens is 286 g/mol. The molecule has 0 aliphatic heterocycles. The average Bonchev–Trinajstić information content (AvgIpc) is 2.94. The van der Waals surface area contributed by atoms with Gasteiger partial charge in [0.25, 0.3) is 0 Å². The van der Waals surface area contributed by atoms with Crippen LogP contribution in [0.15, 0.2) is 12.2 Å². The Kier molecular flexibility index (Phi) is 2.94. The molecule has 0 spiro atoms. The second-order valence-electron chi connectivity index (χ2n) is 4.34. The van der Waals surface area contributed by atoms with E-state index < -0.39 is 12.3 Å². The lowest BCUT2D eigenvalue weighted by molar-refractivity contribution is 0.0680. The van der Waals surface area contributed by atoms with Crippen LogP contribution in [0.1, 0.15) is 18.2 Å². The summed E-state index contributed by atoms with van der Waals surface area (Å²) in [5.74, 6) is 0.579. The van der Waals surface area contributed by atoms with Gasteiger partial charge in [-0.1, -0.05) is 17.7 Å². The number of anilines is 1. The topological polar surface area (TPSA) is 127 Å². The van der Waals surface area contributed by atoms with Gasteiger partial charge in [0.15, 0.2) is 10.8 Å². The third kappa shape index (κ3) is 2.25. The number of nitrogens with zero attached hydrogens (tertiary/aromatic N) is 3. The Labute approximate surface area is 117 Å². The van der Waals surface area contributed by atoms with Gasteiger partial charge in [0.1, 0.15) is 17.4 Å². The summed E-state index contributed by atoms with van der Waals surface area (Å²) >= 11 is 5.96. The first-order valence-corrected chi connectivity index (χ1v) is 6.17. The normalized spacial score (nSPS) is 21.4. The fraction of sp³-hybridized carbons (Fsp3) is 0.273. The van der Waals surface area contributed by atoms with Gasteiger partial charge < -0.3 is 20.6 Å². The second kappa shape index (κ2) is 4.64. The van der Waals surface area contributed by atoms with Crippen molar-refractivity contribution in [2.45, 2.75) is 18.4 Å². The lowest BCUT2D eigenvalue weighted by Gasteiger charge is -2.08. The minimum atomic E-state index is -1.30. The molecule has 104 valence electrons. The predicted octanol–water partition coefficient (Wildman–Crippen LogP) is 1.70. The van der Waals surface area contributed by atoms with E-state index in [0.29, 0.717) is 23.4 Å². The van der Waals surface area contributed by atoms with Crippen LogP contribution in [0.25, 0.3) is 11.2 Å². The first-order valence-electron chi connectivity index (χ1n) is 5.79. The molecule has 2 aromatic rings. The minimum absolute atomic E-state index is 0.0506. The van der Waals surface area contributed by atoms with Crippen molar-refractivity contribution in [2.24, 2.45) is 0 Å². The minimum Gasteiger partial charge on any atom is -0.450 e. The van der Waals surface area contributed by atoms with Crippen molar-refractivity contribution in [3.63, 3.8) is 0 Å². The lowest BCUT2D eigenvalue weighted by atomic mass is 10.1. The number of allylic oxidation sites excluding steroid dienone is 1. The van der Waals surface area contributed by atoms with Crippen molar-refractivity contribution in [3.05, 3.63) is 23.1 Å². The molecular formula is C11H10ClN5O3. The molecule has 0 bridgehead atoms. The molecule has 9 heteroatoms. The van der Waals surface area contributed by atoms with E-state index in [9.17, 15) is 4.79 Å². The molecule has 2 heterocycles. The number of hydrogen-bond acceptors (Lipinski definition) is 6. The van der Waals surface area contributed by atoms with Crippen molar-refractivity contribution >= 4 is 34.9 Å². The first kappa shape index (κ1) is 12.7. The summed E-state index contributed by atoms with van der Waals surface area (Å²) in [4.78, 5) is 25.6. The Hall–Kier alpha value is -2.35. The molecule has 1 aliphatic rings. The largest absolute Gasteiger partial charge is 0.506 e. The number of carboxylic acid groups (broad SMARTS) is 1. The van der Waals surface area contributed by atoms with Gasteiger partial charge in [0.05, 0.1) is 0 Å². The van der Waals surface area contributed by atoms with Crippen molar-refractivity contribution in [1.82, 2.24) is 19.9 Å². The number of nitrogen functional groups attached to an aromatic ring is 1. The summed E-state index contributed by atoms with van der Waals surface area (Å²) in [7, 11) is 0. The number of aromatic amines is 1. The molecule has 3 rings (SSSR count). The standard InChI is InChI=1S/C11H10ClN5O3/c12-7-6-9(17-10(13)15-7)16-8(14-6)4-1-2-5(3-4)20-11(18)19/h1-2,4-5H,3H2,(H,18,19)(H3,13,14,15,16,17)/t4-,5+/m1/s1. The van der Waals surface area contributed by atoms with E-state index in [2.05, 4.69) is 19.9 Å². The molecule has 0 radical (unpaired) electrons. The molecule has 20 heavy (non-hydrogen) atoms. The van der Waals surface area contributed by atoms with Gasteiger partial charge in [-0.25, -0.2) is 9.78 Å². The zero-order valence-corrected chi connectivity index (χ0v) is 10.8. The van der Waals surface area contributed by atoms with Crippen molar-refractivity contribution in [1.29, 1.82) is 0 Å². The van der Waals surface area contributed by atoms with E-state index in [1.54, 1.807) is 6.08 Å². The van der Waals surface area contributed by atoms with Gasteiger partial charge in [-0.05, 0) is 6.08 Å². The number of nitrogens with one attached hydrogen (secondary N) is 1. The number of fused-ring (bicyclic) bond motifs is 1.